The number of nitrogens with zero attached hydrogens (tertiary/aromatic N) is 3. The normalized spacial score (nSPS) is 10.4. The quantitative estimate of drug-likeness (QED) is 0.771. The smallest absolute Gasteiger partial charge is 0.174 e. The minimum Gasteiger partial charge on any atom is -0.326 e. The molecule has 0 aliphatic heterocycles. The molecule has 0 radical (unpaired) electrons. The standard InChI is InChI=1S/C10H11N3S/c1-2-13-8-7-12-10(13)14-9-5-3-4-6-11-9/h3-8H,2H2,1H3. The van der Waals surface area contributed by atoms with Gasteiger partial charge in [-0.25, -0.2) is 9.97 Å². The van der Waals surface area contributed by atoms with Crippen LogP contribution in [0.4, 0.5) is 0 Å². The third kappa shape index (κ3) is 1.96. The van der Waals surface area contributed by atoms with Gasteiger partial charge in [0.1, 0.15) is 5.03 Å². The number of imidazole rings is 1. The van der Waals surface area contributed by atoms with Crippen molar-refractivity contribution in [3.8, 4) is 0 Å². The molecule has 0 fully saturated rings. The summed E-state index contributed by atoms with van der Waals surface area (Å²) >= 11 is 1.59. The van der Waals surface area contributed by atoms with Gasteiger partial charge in [0.2, 0.25) is 0 Å². The maximum Gasteiger partial charge on any atom is 0.174 e. The third-order valence-corrected chi connectivity index (χ3v) is 2.82. The molecule has 0 unspecified atom stereocenters. The highest BCUT2D eigenvalue weighted by atomic mass is 32.2. The summed E-state index contributed by atoms with van der Waals surface area (Å²) in [6.07, 6.45) is 5.58. The Morgan fingerprint density at radius 1 is 1.29 bits per heavy atom. The van der Waals surface area contributed by atoms with E-state index in [0.717, 1.165) is 16.7 Å². The average Bonchev–Trinajstić information content (AvgIpc) is 2.67. The first-order chi connectivity index (χ1) is 6.90. The van der Waals surface area contributed by atoms with Crippen molar-refractivity contribution in [2.75, 3.05) is 0 Å². The van der Waals surface area contributed by atoms with Crippen LogP contribution in [0.2, 0.25) is 0 Å². The van der Waals surface area contributed by atoms with Crippen molar-refractivity contribution in [3.63, 3.8) is 0 Å². The molecule has 0 spiro atoms. The van der Waals surface area contributed by atoms with Gasteiger partial charge < -0.3 is 4.57 Å². The van der Waals surface area contributed by atoms with Gasteiger partial charge in [0.15, 0.2) is 5.16 Å². The van der Waals surface area contributed by atoms with Crippen molar-refractivity contribution in [1.29, 1.82) is 0 Å². The zero-order valence-electron chi connectivity index (χ0n) is 7.92. The van der Waals surface area contributed by atoms with Gasteiger partial charge in [0, 0.05) is 25.1 Å². The van der Waals surface area contributed by atoms with Crippen molar-refractivity contribution >= 4 is 11.8 Å². The molecule has 4 heteroatoms. The second kappa shape index (κ2) is 4.28. The van der Waals surface area contributed by atoms with Gasteiger partial charge in [-0.05, 0) is 30.8 Å². The van der Waals surface area contributed by atoms with Crippen LogP contribution in [0.5, 0.6) is 0 Å². The lowest BCUT2D eigenvalue weighted by molar-refractivity contribution is 0.680. The van der Waals surface area contributed by atoms with E-state index >= 15 is 0 Å². The highest BCUT2D eigenvalue weighted by molar-refractivity contribution is 7.99. The first kappa shape index (κ1) is 9.27. The Morgan fingerprint density at radius 3 is 2.93 bits per heavy atom. The van der Waals surface area contributed by atoms with E-state index in [4.69, 9.17) is 0 Å². The number of hydrogen-bond acceptors (Lipinski definition) is 3. The van der Waals surface area contributed by atoms with Gasteiger partial charge in [-0.2, -0.15) is 0 Å². The van der Waals surface area contributed by atoms with Crippen LogP contribution in [-0.4, -0.2) is 14.5 Å². The van der Waals surface area contributed by atoms with Crippen LogP contribution in [0.15, 0.2) is 47.0 Å². The molecule has 2 aromatic rings. The molecule has 72 valence electrons. The second-order valence-corrected chi connectivity index (χ2v) is 3.75. The van der Waals surface area contributed by atoms with E-state index in [1.165, 1.54) is 0 Å². The number of rotatable bonds is 3. The highest BCUT2D eigenvalue weighted by Crippen LogP contribution is 2.23. The predicted octanol–water partition coefficient (Wildman–Crippen LogP) is 2.45. The molecule has 0 amide bonds. The average molecular weight is 205 g/mol. The maximum absolute atomic E-state index is 4.27. The van der Waals surface area contributed by atoms with Crippen molar-refractivity contribution in [2.45, 2.75) is 23.7 Å². The fourth-order valence-electron chi connectivity index (χ4n) is 1.14. The van der Waals surface area contributed by atoms with E-state index in [2.05, 4.69) is 21.5 Å². The minimum absolute atomic E-state index is 0.940. The van der Waals surface area contributed by atoms with E-state index in [9.17, 15) is 0 Å². The summed E-state index contributed by atoms with van der Waals surface area (Å²) in [5.74, 6) is 0. The molecule has 14 heavy (non-hydrogen) atoms. The van der Waals surface area contributed by atoms with Crippen molar-refractivity contribution in [1.82, 2.24) is 14.5 Å². The van der Waals surface area contributed by atoms with E-state index in [1.54, 1.807) is 18.0 Å². The monoisotopic (exact) mass is 205 g/mol. The third-order valence-electron chi connectivity index (χ3n) is 1.85. The summed E-state index contributed by atoms with van der Waals surface area (Å²) in [5.41, 5.74) is 0. The van der Waals surface area contributed by atoms with Crippen LogP contribution in [0, 0.1) is 0 Å². The summed E-state index contributed by atoms with van der Waals surface area (Å²) in [5, 5.41) is 1.97. The summed E-state index contributed by atoms with van der Waals surface area (Å²) in [7, 11) is 0. The van der Waals surface area contributed by atoms with Gasteiger partial charge in [-0.1, -0.05) is 6.07 Å². The van der Waals surface area contributed by atoms with E-state index in [0.29, 0.717) is 0 Å². The SMILES string of the molecule is CCn1ccnc1Sc1ccccn1. The van der Waals surface area contributed by atoms with Gasteiger partial charge in [-0.15, -0.1) is 0 Å². The molecular formula is C10H11N3S. The van der Waals surface area contributed by atoms with Crippen molar-refractivity contribution in [2.24, 2.45) is 0 Å². The molecule has 2 rings (SSSR count). The first-order valence-corrected chi connectivity index (χ1v) is 5.32. The Bertz CT molecular complexity index is 397. The fraction of sp³-hybridized carbons (Fsp3) is 0.200. The molecule has 0 aliphatic carbocycles. The topological polar surface area (TPSA) is 30.7 Å². The molecule has 0 aliphatic rings. The fourth-order valence-corrected chi connectivity index (χ4v) is 2.01. The van der Waals surface area contributed by atoms with Crippen LogP contribution < -0.4 is 0 Å². The van der Waals surface area contributed by atoms with E-state index < -0.39 is 0 Å². The van der Waals surface area contributed by atoms with Gasteiger partial charge in [-0.3, -0.25) is 0 Å². The number of pyridine rings is 1. The molecule has 3 nitrogen and oxygen atoms in total. The van der Waals surface area contributed by atoms with Gasteiger partial charge in [0.25, 0.3) is 0 Å². The Balaban J connectivity index is 2.19. The maximum atomic E-state index is 4.27. The summed E-state index contributed by atoms with van der Waals surface area (Å²) < 4.78 is 2.10. The summed E-state index contributed by atoms with van der Waals surface area (Å²) in [6.45, 7) is 3.04. The lowest BCUT2D eigenvalue weighted by atomic mass is 10.5. The van der Waals surface area contributed by atoms with Crippen molar-refractivity contribution in [3.05, 3.63) is 36.8 Å². The highest BCUT2D eigenvalue weighted by Gasteiger charge is 2.03. The Morgan fingerprint density at radius 2 is 2.21 bits per heavy atom. The molecule has 0 saturated carbocycles. The van der Waals surface area contributed by atoms with E-state index in [1.807, 2.05) is 30.6 Å². The zero-order valence-corrected chi connectivity index (χ0v) is 8.74. The zero-order chi connectivity index (χ0) is 9.80. The Labute approximate surface area is 87.2 Å². The molecule has 0 N–H and O–H groups in total. The second-order valence-electron chi connectivity index (χ2n) is 2.77. The first-order valence-electron chi connectivity index (χ1n) is 4.50. The van der Waals surface area contributed by atoms with Crippen LogP contribution in [0.1, 0.15) is 6.92 Å². The van der Waals surface area contributed by atoms with Crippen LogP contribution in [0.25, 0.3) is 0 Å². The largest absolute Gasteiger partial charge is 0.326 e. The summed E-state index contributed by atoms with van der Waals surface area (Å²) in [6, 6.07) is 5.88. The number of aromatic nitrogens is 3. The molecule has 0 bridgehead atoms. The summed E-state index contributed by atoms with van der Waals surface area (Å²) in [4.78, 5) is 8.51. The lowest BCUT2D eigenvalue weighted by Gasteiger charge is -2.02. The number of aryl methyl sites for hydroxylation is 1. The predicted molar refractivity (Wildman–Crippen MR) is 56.3 cm³/mol. The Kier molecular flexibility index (Phi) is 2.84. The lowest BCUT2D eigenvalue weighted by Crippen LogP contribution is -1.94. The van der Waals surface area contributed by atoms with Gasteiger partial charge in [0.05, 0.1) is 0 Å². The van der Waals surface area contributed by atoms with Crippen LogP contribution in [-0.2, 0) is 6.54 Å². The van der Waals surface area contributed by atoms with Gasteiger partial charge >= 0.3 is 0 Å². The molecule has 0 atom stereocenters. The Hall–Kier alpha value is -1.29. The molecule has 2 heterocycles. The molecule has 0 aromatic carbocycles. The molecular weight excluding hydrogens is 194 g/mol. The van der Waals surface area contributed by atoms with Crippen molar-refractivity contribution < 1.29 is 0 Å². The van der Waals surface area contributed by atoms with Crippen LogP contribution in [0.3, 0.4) is 0 Å². The molecule has 2 aromatic heterocycles. The van der Waals surface area contributed by atoms with Crippen LogP contribution >= 0.6 is 11.8 Å². The molecule has 0 saturated heterocycles. The van der Waals surface area contributed by atoms with E-state index in [-0.39, 0.29) is 0 Å². The number of hydrogen-bond donors (Lipinski definition) is 0. The minimum atomic E-state index is 0.940.